The Kier molecular flexibility index (Phi) is 4.83. The van der Waals surface area contributed by atoms with Crippen molar-refractivity contribution in [2.75, 3.05) is 11.1 Å². The maximum atomic E-state index is 12.5. The van der Waals surface area contributed by atoms with Crippen molar-refractivity contribution in [3.63, 3.8) is 0 Å². The quantitative estimate of drug-likeness (QED) is 0.489. The zero-order chi connectivity index (χ0) is 17.8. The molecule has 1 amide bonds. The van der Waals surface area contributed by atoms with Crippen molar-refractivity contribution in [3.8, 4) is 5.75 Å². The van der Waals surface area contributed by atoms with E-state index in [1.165, 1.54) is 18.2 Å². The van der Waals surface area contributed by atoms with Crippen molar-refractivity contribution in [2.24, 2.45) is 0 Å². The van der Waals surface area contributed by atoms with E-state index in [4.69, 9.17) is 10.5 Å². The molecule has 7 nitrogen and oxygen atoms in total. The molecule has 0 saturated heterocycles. The number of benzene rings is 2. The molecule has 1 aliphatic rings. The third-order valence-electron chi connectivity index (χ3n) is 4.22. The molecule has 1 saturated carbocycles. The fourth-order valence-electron chi connectivity index (χ4n) is 2.90. The first-order valence-electron chi connectivity index (χ1n) is 8.15. The number of ether oxygens (including phenoxy) is 1. The third-order valence-corrected chi connectivity index (χ3v) is 4.22. The number of nitrogen functional groups attached to an aromatic ring is 1. The first-order chi connectivity index (χ1) is 12.0. The number of carbonyl (C=O) groups excluding carboxylic acids is 1. The van der Waals surface area contributed by atoms with E-state index in [1.807, 2.05) is 6.07 Å². The molecule has 25 heavy (non-hydrogen) atoms. The number of carbonyl (C=O) groups is 1. The van der Waals surface area contributed by atoms with Gasteiger partial charge in [0.1, 0.15) is 11.4 Å². The molecule has 0 radical (unpaired) electrons. The third kappa shape index (κ3) is 3.88. The predicted octanol–water partition coefficient (Wildman–Crippen LogP) is 3.75. The molecule has 3 N–H and O–H groups in total. The molecule has 0 spiro atoms. The van der Waals surface area contributed by atoms with Crippen molar-refractivity contribution in [3.05, 3.63) is 58.1 Å². The summed E-state index contributed by atoms with van der Waals surface area (Å²) >= 11 is 0. The minimum Gasteiger partial charge on any atom is -0.488 e. The lowest BCUT2D eigenvalue weighted by molar-refractivity contribution is -0.383. The number of anilines is 2. The fraction of sp³-hybridized carbons (Fsp3) is 0.278. The minimum atomic E-state index is -0.608. The molecule has 0 heterocycles. The number of nitrogens with two attached hydrogens (primary N) is 1. The second kappa shape index (κ2) is 7.21. The van der Waals surface area contributed by atoms with Crippen LogP contribution in [0.5, 0.6) is 5.75 Å². The summed E-state index contributed by atoms with van der Waals surface area (Å²) in [7, 11) is 0. The summed E-state index contributed by atoms with van der Waals surface area (Å²) in [6.07, 6.45) is 4.47. The van der Waals surface area contributed by atoms with Crippen molar-refractivity contribution in [1.29, 1.82) is 0 Å². The molecular formula is C18H19N3O4. The summed E-state index contributed by atoms with van der Waals surface area (Å²) in [5.41, 5.74) is 6.00. The molecule has 2 aromatic rings. The lowest BCUT2D eigenvalue weighted by Gasteiger charge is -2.17. The Morgan fingerprint density at radius 2 is 1.92 bits per heavy atom. The smallest absolute Gasteiger partial charge is 0.292 e. The zero-order valence-electron chi connectivity index (χ0n) is 13.6. The summed E-state index contributed by atoms with van der Waals surface area (Å²) in [5, 5.41) is 13.7. The molecule has 2 aromatic carbocycles. The number of rotatable bonds is 5. The van der Waals surface area contributed by atoms with E-state index in [9.17, 15) is 14.9 Å². The molecular weight excluding hydrogens is 322 g/mol. The molecule has 130 valence electrons. The lowest BCUT2D eigenvalue weighted by atomic mass is 10.1. The van der Waals surface area contributed by atoms with Crippen LogP contribution in [-0.2, 0) is 0 Å². The number of nitro benzene ring substituents is 1. The van der Waals surface area contributed by atoms with Crippen molar-refractivity contribution in [2.45, 2.75) is 31.8 Å². The molecule has 0 atom stereocenters. The average Bonchev–Trinajstić information content (AvgIpc) is 3.09. The van der Waals surface area contributed by atoms with Gasteiger partial charge in [-0.2, -0.15) is 0 Å². The second-order valence-corrected chi connectivity index (χ2v) is 6.01. The van der Waals surface area contributed by atoms with Crippen LogP contribution >= 0.6 is 0 Å². The van der Waals surface area contributed by atoms with Crippen LogP contribution in [0.2, 0.25) is 0 Å². The van der Waals surface area contributed by atoms with Crippen LogP contribution in [0.15, 0.2) is 42.5 Å². The molecule has 7 heteroatoms. The largest absolute Gasteiger partial charge is 0.488 e. The van der Waals surface area contributed by atoms with E-state index >= 15 is 0 Å². The van der Waals surface area contributed by atoms with Crippen molar-refractivity contribution in [1.82, 2.24) is 0 Å². The van der Waals surface area contributed by atoms with Gasteiger partial charge in [0.25, 0.3) is 11.6 Å². The van der Waals surface area contributed by atoms with E-state index in [2.05, 4.69) is 5.32 Å². The number of nitrogens with zero attached hydrogens (tertiary/aromatic N) is 1. The highest BCUT2D eigenvalue weighted by atomic mass is 16.6. The first-order valence-corrected chi connectivity index (χ1v) is 8.15. The molecule has 3 rings (SSSR count). The van der Waals surface area contributed by atoms with Gasteiger partial charge < -0.3 is 15.8 Å². The van der Waals surface area contributed by atoms with Crippen molar-refractivity contribution >= 4 is 23.0 Å². The van der Waals surface area contributed by atoms with Crippen LogP contribution in [0, 0.1) is 10.1 Å². The summed E-state index contributed by atoms with van der Waals surface area (Å²) in [6.45, 7) is 0. The Morgan fingerprint density at radius 1 is 1.20 bits per heavy atom. The van der Waals surface area contributed by atoms with E-state index in [0.29, 0.717) is 11.4 Å². The normalized spacial score (nSPS) is 14.2. The van der Waals surface area contributed by atoms with Crippen LogP contribution in [0.3, 0.4) is 0 Å². The maximum Gasteiger partial charge on any atom is 0.292 e. The average molecular weight is 341 g/mol. The van der Waals surface area contributed by atoms with Gasteiger partial charge in [0.15, 0.2) is 0 Å². The number of hydrogen-bond donors (Lipinski definition) is 2. The van der Waals surface area contributed by atoms with Gasteiger partial charge in [-0.1, -0.05) is 12.1 Å². The first kappa shape index (κ1) is 16.8. The van der Waals surface area contributed by atoms with Crippen LogP contribution in [0.25, 0.3) is 0 Å². The van der Waals surface area contributed by atoms with Crippen LogP contribution in [0.1, 0.15) is 36.0 Å². The van der Waals surface area contributed by atoms with Gasteiger partial charge in [-0.25, -0.2) is 0 Å². The van der Waals surface area contributed by atoms with E-state index in [0.717, 1.165) is 25.7 Å². The Bertz CT molecular complexity index is 801. The molecule has 0 bridgehead atoms. The Hall–Kier alpha value is -3.09. The molecule has 1 aliphatic carbocycles. The maximum absolute atomic E-state index is 12.5. The Morgan fingerprint density at radius 3 is 2.64 bits per heavy atom. The van der Waals surface area contributed by atoms with E-state index in [-0.39, 0.29) is 23.0 Å². The van der Waals surface area contributed by atoms with Crippen LogP contribution < -0.4 is 15.8 Å². The van der Waals surface area contributed by atoms with Crippen LogP contribution in [-0.4, -0.2) is 16.9 Å². The van der Waals surface area contributed by atoms with Crippen LogP contribution in [0.4, 0.5) is 17.1 Å². The Balaban J connectivity index is 1.79. The van der Waals surface area contributed by atoms with Gasteiger partial charge in [0.05, 0.1) is 16.7 Å². The zero-order valence-corrected chi connectivity index (χ0v) is 13.6. The molecule has 0 unspecified atom stereocenters. The Labute approximate surface area is 144 Å². The van der Waals surface area contributed by atoms with Crippen molar-refractivity contribution < 1.29 is 14.5 Å². The van der Waals surface area contributed by atoms with Gasteiger partial charge in [-0.3, -0.25) is 14.9 Å². The number of para-hydroxylation sites is 2. The highest BCUT2D eigenvalue weighted by Gasteiger charge is 2.20. The molecule has 0 aliphatic heterocycles. The number of nitro groups is 1. The minimum absolute atomic E-state index is 0.0199. The van der Waals surface area contributed by atoms with E-state index < -0.39 is 10.8 Å². The summed E-state index contributed by atoms with van der Waals surface area (Å²) in [5.74, 6) is 0.151. The van der Waals surface area contributed by atoms with Gasteiger partial charge >= 0.3 is 0 Å². The fourth-order valence-corrected chi connectivity index (χ4v) is 2.90. The van der Waals surface area contributed by atoms with E-state index in [1.54, 1.807) is 18.2 Å². The summed E-state index contributed by atoms with van der Waals surface area (Å²) in [6, 6.07) is 11.2. The highest BCUT2D eigenvalue weighted by molar-refractivity contribution is 6.05. The number of hydrogen-bond acceptors (Lipinski definition) is 5. The van der Waals surface area contributed by atoms with Gasteiger partial charge in [0.2, 0.25) is 0 Å². The molecule has 1 fully saturated rings. The monoisotopic (exact) mass is 341 g/mol. The van der Waals surface area contributed by atoms with Gasteiger partial charge in [0, 0.05) is 11.6 Å². The highest BCUT2D eigenvalue weighted by Crippen LogP contribution is 2.30. The van der Waals surface area contributed by atoms with Gasteiger partial charge in [-0.05, 0) is 49.9 Å². The SMILES string of the molecule is Nc1ccc(C(=O)Nc2ccccc2OC2CCCC2)cc1[N+](=O)[O-]. The van der Waals surface area contributed by atoms with Gasteiger partial charge in [-0.15, -0.1) is 0 Å². The number of nitrogens with one attached hydrogen (secondary N) is 1. The number of amides is 1. The molecule has 0 aromatic heterocycles. The predicted molar refractivity (Wildman–Crippen MR) is 94.8 cm³/mol. The standard InChI is InChI=1S/C18H19N3O4/c19-14-10-9-12(11-16(14)21(23)24)18(22)20-15-7-3-4-8-17(15)25-13-5-1-2-6-13/h3-4,7-11,13H,1-2,5-6,19H2,(H,20,22). The lowest BCUT2D eigenvalue weighted by Crippen LogP contribution is -2.16. The topological polar surface area (TPSA) is 107 Å². The summed E-state index contributed by atoms with van der Waals surface area (Å²) in [4.78, 5) is 22.8. The summed E-state index contributed by atoms with van der Waals surface area (Å²) < 4.78 is 5.98. The second-order valence-electron chi connectivity index (χ2n) is 6.01.